The van der Waals surface area contributed by atoms with Gasteiger partial charge in [0.25, 0.3) is 0 Å². The molecule has 0 radical (unpaired) electrons. The normalized spacial score (nSPS) is 20.3. The zero-order valence-corrected chi connectivity index (χ0v) is 25.8. The van der Waals surface area contributed by atoms with Crippen molar-refractivity contribution in [3.8, 4) is 17.2 Å². The van der Waals surface area contributed by atoms with Gasteiger partial charge in [0, 0.05) is 50.1 Å². The Hall–Kier alpha value is -4.62. The third kappa shape index (κ3) is 7.73. The van der Waals surface area contributed by atoms with E-state index in [4.69, 9.17) is 9.97 Å². The number of aryl methyl sites for hydroxylation is 1. The molecule has 4 aromatic rings. The lowest BCUT2D eigenvalue weighted by atomic mass is 9.73. The lowest BCUT2D eigenvalue weighted by Crippen LogP contribution is -2.35. The van der Waals surface area contributed by atoms with Gasteiger partial charge in [0.1, 0.15) is 23.3 Å². The van der Waals surface area contributed by atoms with Gasteiger partial charge in [0.2, 0.25) is 5.91 Å². The van der Waals surface area contributed by atoms with Gasteiger partial charge in [0.15, 0.2) is 0 Å². The minimum atomic E-state index is -0.329. The summed E-state index contributed by atoms with van der Waals surface area (Å²) in [6.45, 7) is 3.32. The number of aromatic nitrogens is 5. The maximum absolute atomic E-state index is 13.8. The summed E-state index contributed by atoms with van der Waals surface area (Å²) in [6.07, 6.45) is 13.0. The molecule has 6 rings (SSSR count). The van der Waals surface area contributed by atoms with Crippen LogP contribution in [0.4, 0.5) is 5.82 Å². The number of anilines is 1. The fourth-order valence-electron chi connectivity index (χ4n) is 6.66. The van der Waals surface area contributed by atoms with Gasteiger partial charge in [0.05, 0.1) is 24.0 Å². The third-order valence-electron chi connectivity index (χ3n) is 9.25. The van der Waals surface area contributed by atoms with Crippen LogP contribution in [0.3, 0.4) is 0 Å². The zero-order chi connectivity index (χ0) is 31.0. The standard InChI is InChI=1S/C35H41N9O/c1-44-23-30(22-42-44)28-11-12-31(38-20-28)33(35(45)41-18-25-5-3-2-4-6-25)27-9-7-24(8-10-27)15-32-39-21-29(16-36)34(43-32)40-19-26-13-14-37-17-26/h2-6,11-12,20-24,26-27,33,37H,7-10,13-15,17-19H2,1H3,(H,41,45)(H,39,40,43). The van der Waals surface area contributed by atoms with E-state index < -0.39 is 0 Å². The van der Waals surface area contributed by atoms with Crippen LogP contribution in [-0.4, -0.2) is 50.3 Å². The van der Waals surface area contributed by atoms with Crippen molar-refractivity contribution < 1.29 is 4.79 Å². The molecule has 232 valence electrons. The first-order valence-electron chi connectivity index (χ1n) is 16.0. The summed E-state index contributed by atoms with van der Waals surface area (Å²) >= 11 is 0. The molecular weight excluding hydrogens is 562 g/mol. The monoisotopic (exact) mass is 603 g/mol. The average Bonchev–Trinajstić information content (AvgIpc) is 3.77. The molecule has 0 bridgehead atoms. The van der Waals surface area contributed by atoms with Crippen molar-refractivity contribution in [1.82, 2.24) is 35.4 Å². The molecule has 10 heteroatoms. The lowest BCUT2D eigenvalue weighted by molar-refractivity contribution is -0.124. The van der Waals surface area contributed by atoms with E-state index in [9.17, 15) is 10.1 Å². The molecule has 2 aliphatic rings. The van der Waals surface area contributed by atoms with E-state index in [2.05, 4.69) is 32.1 Å². The van der Waals surface area contributed by atoms with E-state index in [-0.39, 0.29) is 17.7 Å². The zero-order valence-electron chi connectivity index (χ0n) is 25.8. The average molecular weight is 604 g/mol. The first kappa shape index (κ1) is 30.4. The molecule has 1 saturated heterocycles. The van der Waals surface area contributed by atoms with E-state index in [1.807, 2.05) is 68.1 Å². The SMILES string of the molecule is Cn1cc(-c2ccc(C(C(=O)NCc3ccccc3)C3CCC(Cc4ncc(C#N)c(NCC5CCNC5)n4)CC3)nc2)cn1. The highest BCUT2D eigenvalue weighted by Gasteiger charge is 2.34. The summed E-state index contributed by atoms with van der Waals surface area (Å²) in [6, 6.07) is 16.3. The van der Waals surface area contributed by atoms with Gasteiger partial charge in [-0.3, -0.25) is 14.5 Å². The molecule has 1 saturated carbocycles. The summed E-state index contributed by atoms with van der Waals surface area (Å²) in [7, 11) is 1.90. The Morgan fingerprint density at radius 3 is 2.56 bits per heavy atom. The highest BCUT2D eigenvalue weighted by Crippen LogP contribution is 2.39. The number of nitrogens with zero attached hydrogens (tertiary/aromatic N) is 6. The number of nitriles is 1. The van der Waals surface area contributed by atoms with Crippen molar-refractivity contribution in [3.05, 3.63) is 89.9 Å². The first-order valence-corrected chi connectivity index (χ1v) is 16.0. The van der Waals surface area contributed by atoms with Gasteiger partial charge in [-0.1, -0.05) is 36.4 Å². The number of pyridine rings is 1. The van der Waals surface area contributed by atoms with Crippen molar-refractivity contribution in [2.45, 2.75) is 51.0 Å². The molecule has 2 unspecified atom stereocenters. The molecular formula is C35H41N9O. The molecule has 0 spiro atoms. The second-order valence-electron chi connectivity index (χ2n) is 12.4. The van der Waals surface area contributed by atoms with Crippen molar-refractivity contribution in [2.75, 3.05) is 25.0 Å². The number of nitrogens with one attached hydrogen (secondary N) is 3. The number of carbonyl (C=O) groups is 1. The van der Waals surface area contributed by atoms with Crippen molar-refractivity contribution in [3.63, 3.8) is 0 Å². The molecule has 1 aliphatic heterocycles. The Morgan fingerprint density at radius 1 is 1.02 bits per heavy atom. The Balaban J connectivity index is 1.12. The van der Waals surface area contributed by atoms with E-state index in [1.165, 1.54) is 0 Å². The smallest absolute Gasteiger partial charge is 0.229 e. The van der Waals surface area contributed by atoms with E-state index in [0.717, 1.165) is 86.4 Å². The molecule has 1 aromatic carbocycles. The number of hydrogen-bond acceptors (Lipinski definition) is 8. The summed E-state index contributed by atoms with van der Waals surface area (Å²) in [5.74, 6) is 2.26. The molecule has 2 fully saturated rings. The minimum absolute atomic E-state index is 0.0209. The predicted molar refractivity (Wildman–Crippen MR) is 173 cm³/mol. The topological polar surface area (TPSA) is 133 Å². The fraction of sp³-hybridized carbons (Fsp3) is 0.429. The summed E-state index contributed by atoms with van der Waals surface area (Å²) in [5.41, 5.74) is 4.35. The Bertz CT molecular complexity index is 1600. The molecule has 45 heavy (non-hydrogen) atoms. The van der Waals surface area contributed by atoms with Gasteiger partial charge in [-0.15, -0.1) is 0 Å². The molecule has 1 amide bonds. The van der Waals surface area contributed by atoms with Crippen LogP contribution in [0, 0.1) is 29.1 Å². The summed E-state index contributed by atoms with van der Waals surface area (Å²) in [4.78, 5) is 27.9. The van der Waals surface area contributed by atoms with Gasteiger partial charge in [-0.25, -0.2) is 9.97 Å². The van der Waals surface area contributed by atoms with Crippen molar-refractivity contribution in [2.24, 2.45) is 24.8 Å². The number of amides is 1. The van der Waals surface area contributed by atoms with Crippen LogP contribution < -0.4 is 16.0 Å². The summed E-state index contributed by atoms with van der Waals surface area (Å²) < 4.78 is 1.77. The number of rotatable bonds is 11. The minimum Gasteiger partial charge on any atom is -0.369 e. The largest absolute Gasteiger partial charge is 0.369 e. The fourth-order valence-corrected chi connectivity index (χ4v) is 6.66. The second-order valence-corrected chi connectivity index (χ2v) is 12.4. The molecule has 2 atom stereocenters. The Kier molecular flexibility index (Phi) is 9.76. The van der Waals surface area contributed by atoms with E-state index in [0.29, 0.717) is 29.8 Å². The van der Waals surface area contributed by atoms with Crippen LogP contribution in [0.5, 0.6) is 0 Å². The molecule has 10 nitrogen and oxygen atoms in total. The Morgan fingerprint density at radius 2 is 1.87 bits per heavy atom. The van der Waals surface area contributed by atoms with Crippen LogP contribution >= 0.6 is 0 Å². The van der Waals surface area contributed by atoms with E-state index in [1.54, 1.807) is 10.9 Å². The maximum atomic E-state index is 13.8. The van der Waals surface area contributed by atoms with Crippen molar-refractivity contribution in [1.29, 1.82) is 5.26 Å². The molecule has 3 aromatic heterocycles. The van der Waals surface area contributed by atoms with E-state index >= 15 is 0 Å². The highest BCUT2D eigenvalue weighted by atomic mass is 16.1. The van der Waals surface area contributed by atoms with Crippen LogP contribution in [0.25, 0.3) is 11.1 Å². The molecule has 4 heterocycles. The number of carbonyl (C=O) groups excluding carboxylic acids is 1. The highest BCUT2D eigenvalue weighted by molar-refractivity contribution is 5.83. The van der Waals surface area contributed by atoms with Crippen LogP contribution in [-0.2, 0) is 24.8 Å². The predicted octanol–water partition coefficient (Wildman–Crippen LogP) is 4.61. The third-order valence-corrected chi connectivity index (χ3v) is 9.25. The molecule has 3 N–H and O–H groups in total. The second kappa shape index (κ2) is 14.4. The van der Waals surface area contributed by atoms with Crippen LogP contribution in [0.1, 0.15) is 60.7 Å². The van der Waals surface area contributed by atoms with Gasteiger partial charge >= 0.3 is 0 Å². The van der Waals surface area contributed by atoms with Crippen LogP contribution in [0.15, 0.2) is 67.3 Å². The van der Waals surface area contributed by atoms with Gasteiger partial charge < -0.3 is 16.0 Å². The maximum Gasteiger partial charge on any atom is 0.229 e. The number of hydrogen-bond donors (Lipinski definition) is 3. The molecule has 1 aliphatic carbocycles. The summed E-state index contributed by atoms with van der Waals surface area (Å²) in [5, 5.41) is 23.9. The quantitative estimate of drug-likeness (QED) is 0.226. The van der Waals surface area contributed by atoms with Gasteiger partial charge in [-0.05, 0) is 74.6 Å². The lowest BCUT2D eigenvalue weighted by Gasteiger charge is -2.33. The Labute approximate surface area is 264 Å². The number of benzene rings is 1. The first-order chi connectivity index (χ1) is 22.1. The van der Waals surface area contributed by atoms with Gasteiger partial charge in [-0.2, -0.15) is 10.4 Å². The van der Waals surface area contributed by atoms with Crippen LogP contribution in [0.2, 0.25) is 0 Å². The van der Waals surface area contributed by atoms with Crippen molar-refractivity contribution >= 4 is 11.7 Å².